The zero-order valence-corrected chi connectivity index (χ0v) is 11.2. The Hall–Kier alpha value is -2.01. The smallest absolute Gasteiger partial charge is 0.259 e. The third-order valence-electron chi connectivity index (χ3n) is 2.81. The van der Waals surface area contributed by atoms with Crippen LogP contribution in [0.4, 0.5) is 4.39 Å². The van der Waals surface area contributed by atoms with Crippen LogP contribution in [0.25, 0.3) is 22.3 Å². The topological polar surface area (TPSA) is 45.8 Å². The molecule has 3 aromatic rings. The first kappa shape index (κ1) is 12.0. The molecule has 0 fully saturated rings. The Labute approximate surface area is 116 Å². The number of halogens is 2. The van der Waals surface area contributed by atoms with E-state index in [9.17, 15) is 9.18 Å². The molecule has 0 spiro atoms. The van der Waals surface area contributed by atoms with Crippen LogP contribution in [0.1, 0.15) is 0 Å². The lowest BCUT2D eigenvalue weighted by atomic mass is 10.2. The second-order valence-corrected chi connectivity index (χ2v) is 4.91. The fourth-order valence-electron chi connectivity index (χ4n) is 1.87. The zero-order valence-electron chi connectivity index (χ0n) is 9.65. The molecule has 0 unspecified atom stereocenters. The molecule has 0 saturated carbocycles. The molecule has 0 aliphatic carbocycles. The van der Waals surface area contributed by atoms with E-state index in [1.165, 1.54) is 6.07 Å². The number of nitrogens with zero attached hydrogens (tertiary/aromatic N) is 1. The van der Waals surface area contributed by atoms with E-state index in [4.69, 9.17) is 0 Å². The number of hydrogen-bond donors (Lipinski definition) is 1. The lowest BCUT2D eigenvalue weighted by Crippen LogP contribution is -2.09. The number of fused-ring (bicyclic) bond motifs is 1. The molecular formula is C14H8BrFN2O. The van der Waals surface area contributed by atoms with Crippen molar-refractivity contribution < 1.29 is 4.39 Å². The van der Waals surface area contributed by atoms with E-state index < -0.39 is 0 Å². The summed E-state index contributed by atoms with van der Waals surface area (Å²) in [5.41, 5.74) is 1.05. The number of rotatable bonds is 1. The van der Waals surface area contributed by atoms with Crippen molar-refractivity contribution in [2.75, 3.05) is 0 Å². The maximum Gasteiger partial charge on any atom is 0.259 e. The van der Waals surface area contributed by atoms with Crippen molar-refractivity contribution in [3.05, 3.63) is 63.1 Å². The molecule has 5 heteroatoms. The van der Waals surface area contributed by atoms with Crippen LogP contribution in [0.3, 0.4) is 0 Å². The van der Waals surface area contributed by atoms with Crippen LogP contribution < -0.4 is 5.56 Å². The lowest BCUT2D eigenvalue weighted by Gasteiger charge is -2.04. The Bertz CT molecular complexity index is 829. The largest absolute Gasteiger partial charge is 0.306 e. The molecule has 1 N–H and O–H groups in total. The zero-order chi connectivity index (χ0) is 13.4. The van der Waals surface area contributed by atoms with Gasteiger partial charge >= 0.3 is 0 Å². The molecule has 19 heavy (non-hydrogen) atoms. The highest BCUT2D eigenvalue weighted by atomic mass is 79.9. The van der Waals surface area contributed by atoms with Crippen molar-refractivity contribution in [1.29, 1.82) is 0 Å². The molecule has 0 bridgehead atoms. The number of H-pyrrole nitrogens is 1. The maximum absolute atomic E-state index is 13.2. The van der Waals surface area contributed by atoms with E-state index >= 15 is 0 Å². The van der Waals surface area contributed by atoms with Crippen molar-refractivity contribution in [2.45, 2.75) is 0 Å². The maximum atomic E-state index is 13.2. The van der Waals surface area contributed by atoms with E-state index in [1.807, 2.05) is 6.07 Å². The highest BCUT2D eigenvalue weighted by Gasteiger charge is 2.07. The van der Waals surface area contributed by atoms with Gasteiger partial charge in [0.1, 0.15) is 11.6 Å². The van der Waals surface area contributed by atoms with Crippen LogP contribution in [-0.2, 0) is 0 Å². The fourth-order valence-corrected chi connectivity index (χ4v) is 2.25. The second-order valence-electron chi connectivity index (χ2n) is 4.06. The average molecular weight is 319 g/mol. The summed E-state index contributed by atoms with van der Waals surface area (Å²) in [6.07, 6.45) is 0. The third kappa shape index (κ3) is 2.17. The van der Waals surface area contributed by atoms with Crippen molar-refractivity contribution in [2.24, 2.45) is 0 Å². The molecular weight excluding hydrogens is 311 g/mol. The minimum absolute atomic E-state index is 0.207. The summed E-state index contributed by atoms with van der Waals surface area (Å²) < 4.78 is 13.5. The molecule has 0 radical (unpaired) electrons. The third-order valence-corrected chi connectivity index (χ3v) is 3.41. The van der Waals surface area contributed by atoms with Gasteiger partial charge in [0.2, 0.25) is 0 Å². The normalized spacial score (nSPS) is 10.8. The first-order valence-electron chi connectivity index (χ1n) is 5.59. The molecule has 0 saturated heterocycles. The second kappa shape index (κ2) is 4.59. The van der Waals surface area contributed by atoms with Gasteiger partial charge in [0.15, 0.2) is 0 Å². The summed E-state index contributed by atoms with van der Waals surface area (Å²) in [5.74, 6) is 0.0660. The molecule has 0 aliphatic rings. The Morgan fingerprint density at radius 2 is 1.95 bits per heavy atom. The van der Waals surface area contributed by atoms with E-state index in [0.717, 1.165) is 0 Å². The summed E-state index contributed by atoms with van der Waals surface area (Å²) in [5, 5.41) is 0.535. The molecule has 3 nitrogen and oxygen atoms in total. The first-order valence-corrected chi connectivity index (χ1v) is 6.39. The van der Waals surface area contributed by atoms with Gasteiger partial charge in [-0.25, -0.2) is 9.37 Å². The molecule has 0 amide bonds. The van der Waals surface area contributed by atoms with Gasteiger partial charge in [-0.3, -0.25) is 4.79 Å². The molecule has 0 atom stereocenters. The number of hydrogen-bond acceptors (Lipinski definition) is 2. The van der Waals surface area contributed by atoms with Crippen LogP contribution >= 0.6 is 15.9 Å². The summed E-state index contributed by atoms with van der Waals surface area (Å²) in [7, 11) is 0. The van der Waals surface area contributed by atoms with Gasteiger partial charge in [-0.15, -0.1) is 0 Å². The standard InChI is InChI=1S/C14H8BrFN2O/c15-10-7-8(5-6-11(10)16)13-17-12-4-2-1-3-9(12)14(19)18-13/h1-7H,(H,17,18,19). The van der Waals surface area contributed by atoms with Crippen molar-refractivity contribution in [1.82, 2.24) is 9.97 Å². The number of para-hydroxylation sites is 1. The SMILES string of the molecule is O=c1[nH]c(-c2ccc(F)c(Br)c2)nc2ccccc12. The quantitative estimate of drug-likeness (QED) is 0.746. The summed E-state index contributed by atoms with van der Waals surface area (Å²) in [4.78, 5) is 19.0. The van der Waals surface area contributed by atoms with Gasteiger partial charge in [-0.05, 0) is 46.3 Å². The number of aromatic amines is 1. The molecule has 94 valence electrons. The number of aromatic nitrogens is 2. The van der Waals surface area contributed by atoms with Gasteiger partial charge in [-0.2, -0.15) is 0 Å². The van der Waals surface area contributed by atoms with E-state index in [2.05, 4.69) is 25.9 Å². The predicted molar refractivity (Wildman–Crippen MR) is 75.5 cm³/mol. The van der Waals surface area contributed by atoms with Gasteiger partial charge in [0.05, 0.1) is 15.4 Å². The van der Waals surface area contributed by atoms with Gasteiger partial charge < -0.3 is 4.98 Å². The van der Waals surface area contributed by atoms with E-state index in [1.54, 1.807) is 30.3 Å². The Balaban J connectivity index is 2.25. The predicted octanol–water partition coefficient (Wildman–Crippen LogP) is 3.49. The van der Waals surface area contributed by atoms with E-state index in [0.29, 0.717) is 26.8 Å². The highest BCUT2D eigenvalue weighted by Crippen LogP contribution is 2.23. The fraction of sp³-hybridized carbons (Fsp3) is 0. The molecule has 3 rings (SSSR count). The molecule has 2 aromatic carbocycles. The molecule has 0 aliphatic heterocycles. The first-order chi connectivity index (χ1) is 9.15. The lowest BCUT2D eigenvalue weighted by molar-refractivity contribution is 0.621. The average Bonchev–Trinajstić information content (AvgIpc) is 2.42. The van der Waals surface area contributed by atoms with Crippen LogP contribution in [0.5, 0.6) is 0 Å². The van der Waals surface area contributed by atoms with E-state index in [-0.39, 0.29) is 11.4 Å². The summed E-state index contributed by atoms with van der Waals surface area (Å²) in [6, 6.07) is 11.6. The number of benzene rings is 2. The van der Waals surface area contributed by atoms with Crippen LogP contribution in [0, 0.1) is 5.82 Å². The Kier molecular flexibility index (Phi) is 2.91. The van der Waals surface area contributed by atoms with Crippen molar-refractivity contribution in [3.8, 4) is 11.4 Å². The molecule has 1 aromatic heterocycles. The van der Waals surface area contributed by atoms with Gasteiger partial charge in [-0.1, -0.05) is 12.1 Å². The summed E-state index contributed by atoms with van der Waals surface area (Å²) in [6.45, 7) is 0. The molecule has 1 heterocycles. The van der Waals surface area contributed by atoms with Crippen LogP contribution in [0.15, 0.2) is 51.7 Å². The van der Waals surface area contributed by atoms with Gasteiger partial charge in [0, 0.05) is 5.56 Å². The Morgan fingerprint density at radius 3 is 2.74 bits per heavy atom. The van der Waals surface area contributed by atoms with Gasteiger partial charge in [0.25, 0.3) is 5.56 Å². The van der Waals surface area contributed by atoms with Crippen LogP contribution in [0.2, 0.25) is 0 Å². The summed E-state index contributed by atoms with van der Waals surface area (Å²) >= 11 is 3.12. The number of nitrogens with one attached hydrogen (secondary N) is 1. The Morgan fingerprint density at radius 1 is 1.16 bits per heavy atom. The minimum Gasteiger partial charge on any atom is -0.306 e. The van der Waals surface area contributed by atoms with Crippen molar-refractivity contribution >= 4 is 26.8 Å². The van der Waals surface area contributed by atoms with Crippen molar-refractivity contribution in [3.63, 3.8) is 0 Å². The minimum atomic E-state index is -0.355. The highest BCUT2D eigenvalue weighted by molar-refractivity contribution is 9.10. The monoisotopic (exact) mass is 318 g/mol. The van der Waals surface area contributed by atoms with Crippen LogP contribution in [-0.4, -0.2) is 9.97 Å².